The van der Waals surface area contributed by atoms with Gasteiger partial charge in [0.2, 0.25) is 5.95 Å². The van der Waals surface area contributed by atoms with Crippen LogP contribution in [0.1, 0.15) is 5.56 Å². The molecule has 2 fully saturated rings. The van der Waals surface area contributed by atoms with E-state index in [1.54, 1.807) is 6.20 Å². The van der Waals surface area contributed by atoms with Crippen molar-refractivity contribution in [2.45, 2.75) is 30.8 Å². The van der Waals surface area contributed by atoms with Crippen LogP contribution in [-0.4, -0.2) is 61.6 Å². The molecule has 7 nitrogen and oxygen atoms in total. The molecule has 5 rings (SSSR count). The largest absolute Gasteiger partial charge is 0.378 e. The number of rotatable bonds is 7. The number of anilines is 2. The smallest absolute Gasteiger partial charge is 0.223 e. The minimum atomic E-state index is -0.0207. The van der Waals surface area contributed by atoms with Gasteiger partial charge in [-0.2, -0.15) is 0 Å². The normalized spacial score (nSPS) is 24.3. The molecule has 2 aromatic carbocycles. The molecule has 0 bridgehead atoms. The average molecular weight is 432 g/mol. The van der Waals surface area contributed by atoms with Gasteiger partial charge < -0.3 is 25.0 Å². The third kappa shape index (κ3) is 4.46. The zero-order valence-electron chi connectivity index (χ0n) is 18.4. The Hall–Kier alpha value is -3.00. The number of hydrogen-bond donors (Lipinski definition) is 2. The molecule has 0 saturated carbocycles. The van der Waals surface area contributed by atoms with Crippen molar-refractivity contribution in [3.05, 3.63) is 72.4 Å². The fraction of sp³-hybridized carbons (Fsp3) is 0.360. The Bertz CT molecular complexity index is 1030. The molecular weight excluding hydrogens is 402 g/mol. The van der Waals surface area contributed by atoms with E-state index in [1.165, 1.54) is 11.3 Å². The summed E-state index contributed by atoms with van der Waals surface area (Å²) >= 11 is 0. The second-order valence-corrected chi connectivity index (χ2v) is 8.53. The van der Waals surface area contributed by atoms with Crippen LogP contribution in [0.3, 0.4) is 0 Å². The number of benzene rings is 2. The number of hydrogen-bond acceptors (Lipinski definition) is 7. The van der Waals surface area contributed by atoms with Gasteiger partial charge in [0.25, 0.3) is 0 Å². The predicted molar refractivity (Wildman–Crippen MR) is 126 cm³/mol. The molecule has 0 radical (unpaired) electrons. The Balaban J connectivity index is 1.18. The summed E-state index contributed by atoms with van der Waals surface area (Å²) in [7, 11) is 4.10. The van der Waals surface area contributed by atoms with Crippen molar-refractivity contribution >= 4 is 11.6 Å². The average Bonchev–Trinajstić information content (AvgIpc) is 3.42. The van der Waals surface area contributed by atoms with Crippen molar-refractivity contribution in [1.82, 2.24) is 15.3 Å². The first-order valence-corrected chi connectivity index (χ1v) is 11.1. The molecule has 32 heavy (non-hydrogen) atoms. The molecule has 3 aromatic rings. The molecule has 166 valence electrons. The van der Waals surface area contributed by atoms with E-state index >= 15 is 0 Å². The SMILES string of the molecule is CN(C)c1ccc(CN[C@H]2CO[C@H]3[C@@H]2OC[C@@H]3Nc2nccc(-c3ccccc3)n2)cc1. The molecule has 2 N–H and O–H groups in total. The Labute approximate surface area is 188 Å². The number of ether oxygens (including phenoxy) is 2. The van der Waals surface area contributed by atoms with Gasteiger partial charge in [-0.05, 0) is 23.8 Å². The summed E-state index contributed by atoms with van der Waals surface area (Å²) in [6.45, 7) is 1.99. The fourth-order valence-electron chi connectivity index (χ4n) is 4.32. The zero-order valence-corrected chi connectivity index (χ0v) is 18.4. The molecule has 2 aliphatic rings. The van der Waals surface area contributed by atoms with Crippen molar-refractivity contribution < 1.29 is 9.47 Å². The molecule has 2 aliphatic heterocycles. The van der Waals surface area contributed by atoms with Crippen LogP contribution in [0.5, 0.6) is 0 Å². The van der Waals surface area contributed by atoms with Crippen LogP contribution >= 0.6 is 0 Å². The summed E-state index contributed by atoms with van der Waals surface area (Å²) in [6.07, 6.45) is 1.78. The Morgan fingerprint density at radius 2 is 1.62 bits per heavy atom. The van der Waals surface area contributed by atoms with Crippen LogP contribution < -0.4 is 15.5 Å². The van der Waals surface area contributed by atoms with E-state index in [0.29, 0.717) is 19.2 Å². The first-order chi connectivity index (χ1) is 15.7. The third-order valence-electron chi connectivity index (χ3n) is 6.11. The number of nitrogens with zero attached hydrogens (tertiary/aromatic N) is 3. The van der Waals surface area contributed by atoms with Gasteiger partial charge in [-0.1, -0.05) is 42.5 Å². The lowest BCUT2D eigenvalue weighted by Gasteiger charge is -2.19. The number of nitrogens with one attached hydrogen (secondary N) is 2. The van der Waals surface area contributed by atoms with Crippen LogP contribution in [0.4, 0.5) is 11.6 Å². The lowest BCUT2D eigenvalue weighted by atomic mass is 10.1. The van der Waals surface area contributed by atoms with Crippen molar-refractivity contribution in [2.24, 2.45) is 0 Å². The Morgan fingerprint density at radius 3 is 2.38 bits per heavy atom. The lowest BCUT2D eigenvalue weighted by Crippen LogP contribution is -2.41. The summed E-state index contributed by atoms with van der Waals surface area (Å²) in [5.41, 5.74) is 4.41. The van der Waals surface area contributed by atoms with Gasteiger partial charge in [0.1, 0.15) is 12.2 Å². The maximum absolute atomic E-state index is 6.12. The third-order valence-corrected chi connectivity index (χ3v) is 6.11. The Kier molecular flexibility index (Phi) is 6.03. The van der Waals surface area contributed by atoms with Gasteiger partial charge in [0.15, 0.2) is 0 Å². The van der Waals surface area contributed by atoms with Gasteiger partial charge in [-0.15, -0.1) is 0 Å². The zero-order chi connectivity index (χ0) is 21.9. The van der Waals surface area contributed by atoms with Crippen LogP contribution in [0, 0.1) is 0 Å². The molecule has 7 heteroatoms. The second-order valence-electron chi connectivity index (χ2n) is 8.53. The minimum absolute atomic E-state index is 0.0193. The topological polar surface area (TPSA) is 71.5 Å². The molecule has 0 aliphatic carbocycles. The molecule has 0 unspecified atom stereocenters. The molecule has 3 heterocycles. The van der Waals surface area contributed by atoms with Crippen LogP contribution in [0.15, 0.2) is 66.9 Å². The van der Waals surface area contributed by atoms with E-state index in [1.807, 2.05) is 50.5 Å². The van der Waals surface area contributed by atoms with Gasteiger partial charge in [-0.25, -0.2) is 9.97 Å². The molecule has 4 atom stereocenters. The van der Waals surface area contributed by atoms with Crippen LogP contribution in [0.2, 0.25) is 0 Å². The molecule has 2 saturated heterocycles. The fourth-order valence-corrected chi connectivity index (χ4v) is 4.32. The monoisotopic (exact) mass is 431 g/mol. The van der Waals surface area contributed by atoms with E-state index in [4.69, 9.17) is 9.47 Å². The lowest BCUT2D eigenvalue weighted by molar-refractivity contribution is 0.0675. The van der Waals surface area contributed by atoms with E-state index in [2.05, 4.69) is 49.8 Å². The first-order valence-electron chi connectivity index (χ1n) is 11.1. The minimum Gasteiger partial charge on any atom is -0.378 e. The summed E-state index contributed by atoms with van der Waals surface area (Å²) in [6, 6.07) is 20.8. The first kappa shape index (κ1) is 20.9. The standard InChI is InChI=1S/C25H29N5O2/c1-30(2)19-10-8-17(9-11-19)14-27-21-15-31-24-22(16-32-23(21)24)29-25-26-13-12-20(28-25)18-6-4-3-5-7-18/h3-13,21-24,27H,14-16H2,1-2H3,(H,26,28,29)/t21-,22-,23+,24+/m0/s1. The van der Waals surface area contributed by atoms with Crippen molar-refractivity contribution in [1.29, 1.82) is 0 Å². The summed E-state index contributed by atoms with van der Waals surface area (Å²) < 4.78 is 12.2. The Morgan fingerprint density at radius 1 is 0.906 bits per heavy atom. The number of fused-ring (bicyclic) bond motifs is 1. The van der Waals surface area contributed by atoms with Gasteiger partial charge in [0.05, 0.1) is 31.0 Å². The van der Waals surface area contributed by atoms with E-state index in [0.717, 1.165) is 17.8 Å². The summed E-state index contributed by atoms with van der Waals surface area (Å²) in [4.78, 5) is 11.2. The van der Waals surface area contributed by atoms with Crippen LogP contribution in [0.25, 0.3) is 11.3 Å². The second kappa shape index (κ2) is 9.24. The molecule has 0 spiro atoms. The van der Waals surface area contributed by atoms with Crippen molar-refractivity contribution in [2.75, 3.05) is 37.5 Å². The van der Waals surface area contributed by atoms with Crippen molar-refractivity contribution in [3.63, 3.8) is 0 Å². The van der Waals surface area contributed by atoms with Gasteiger partial charge in [0, 0.05) is 38.1 Å². The quantitative estimate of drug-likeness (QED) is 0.596. The van der Waals surface area contributed by atoms with E-state index in [-0.39, 0.29) is 24.3 Å². The molecule has 1 aromatic heterocycles. The van der Waals surface area contributed by atoms with E-state index in [9.17, 15) is 0 Å². The maximum Gasteiger partial charge on any atom is 0.223 e. The molecule has 0 amide bonds. The highest BCUT2D eigenvalue weighted by Crippen LogP contribution is 2.29. The highest BCUT2D eigenvalue weighted by Gasteiger charge is 2.47. The number of aromatic nitrogens is 2. The van der Waals surface area contributed by atoms with Crippen molar-refractivity contribution in [3.8, 4) is 11.3 Å². The van der Waals surface area contributed by atoms with Gasteiger partial charge >= 0.3 is 0 Å². The van der Waals surface area contributed by atoms with Crippen LogP contribution in [-0.2, 0) is 16.0 Å². The van der Waals surface area contributed by atoms with Gasteiger partial charge in [-0.3, -0.25) is 0 Å². The summed E-state index contributed by atoms with van der Waals surface area (Å²) in [5.74, 6) is 0.599. The maximum atomic E-state index is 6.12. The van der Waals surface area contributed by atoms with E-state index < -0.39 is 0 Å². The predicted octanol–water partition coefficient (Wildman–Crippen LogP) is 2.95. The highest BCUT2D eigenvalue weighted by molar-refractivity contribution is 5.59. The highest BCUT2D eigenvalue weighted by atomic mass is 16.6. The summed E-state index contributed by atoms with van der Waals surface area (Å²) in [5, 5.41) is 7.04. The molecular formula is C25H29N5O2.